The Kier molecular flexibility index (Phi) is 6.49. The highest BCUT2D eigenvalue weighted by Gasteiger charge is 2.43. The van der Waals surface area contributed by atoms with Gasteiger partial charge in [-0.3, -0.25) is 15.0 Å². The number of nitro groups is 1. The van der Waals surface area contributed by atoms with Crippen LogP contribution in [0.4, 0.5) is 5.69 Å². The first-order valence-electron chi connectivity index (χ1n) is 9.14. The summed E-state index contributed by atoms with van der Waals surface area (Å²) >= 11 is 2.35. The molecule has 3 rings (SSSR count). The van der Waals surface area contributed by atoms with Crippen LogP contribution in [0.15, 0.2) is 54.6 Å². The average molecular weight is 505 g/mol. The maximum absolute atomic E-state index is 12.6. The van der Waals surface area contributed by atoms with Gasteiger partial charge >= 0.3 is 5.97 Å². The first-order chi connectivity index (χ1) is 13.8. The molecule has 2 aromatic rings. The van der Waals surface area contributed by atoms with Gasteiger partial charge < -0.3 is 4.74 Å². The number of ether oxygens (including phenoxy) is 1. The molecule has 1 aliphatic rings. The Morgan fingerprint density at radius 2 is 1.97 bits per heavy atom. The Hall–Kier alpha value is -2.51. The standard InChI is InChI=1S/C21H20IN3O4/c1-21(14-23)11-12-24(19(22)15-5-3-2-4-6-15)13-18(21)29-20(26)16-7-9-17(10-8-16)25(27)28/h2-10,18-19H,11-13H2,1H3. The smallest absolute Gasteiger partial charge is 0.338 e. The van der Waals surface area contributed by atoms with Crippen molar-refractivity contribution in [3.63, 3.8) is 0 Å². The Balaban J connectivity index is 1.76. The summed E-state index contributed by atoms with van der Waals surface area (Å²) in [5, 5.41) is 20.5. The molecule has 0 bridgehead atoms. The minimum Gasteiger partial charge on any atom is -0.456 e. The van der Waals surface area contributed by atoms with Crippen LogP contribution in [0.25, 0.3) is 0 Å². The lowest BCUT2D eigenvalue weighted by Gasteiger charge is -2.43. The van der Waals surface area contributed by atoms with Crippen molar-refractivity contribution in [1.29, 1.82) is 5.26 Å². The highest BCUT2D eigenvalue weighted by Crippen LogP contribution is 2.38. The first kappa shape index (κ1) is 21.2. The third-order valence-electron chi connectivity index (χ3n) is 5.24. The number of esters is 1. The van der Waals surface area contributed by atoms with E-state index in [1.807, 2.05) is 37.3 Å². The molecule has 7 nitrogen and oxygen atoms in total. The Bertz CT molecular complexity index is 929. The minimum atomic E-state index is -0.792. The molecule has 29 heavy (non-hydrogen) atoms. The first-order valence-corrected chi connectivity index (χ1v) is 10.4. The number of carbonyl (C=O) groups is 1. The van der Waals surface area contributed by atoms with Gasteiger partial charge in [0.05, 0.1) is 26.0 Å². The van der Waals surface area contributed by atoms with E-state index in [-0.39, 0.29) is 15.3 Å². The summed E-state index contributed by atoms with van der Waals surface area (Å²) in [6.07, 6.45) is -0.0291. The van der Waals surface area contributed by atoms with Crippen molar-refractivity contribution in [2.75, 3.05) is 13.1 Å². The molecule has 150 valence electrons. The number of alkyl halides is 1. The third-order valence-corrected chi connectivity index (χ3v) is 6.75. The van der Waals surface area contributed by atoms with E-state index in [9.17, 15) is 20.2 Å². The van der Waals surface area contributed by atoms with Crippen molar-refractivity contribution in [2.24, 2.45) is 5.41 Å². The number of nitrogens with zero attached hydrogens (tertiary/aromatic N) is 3. The van der Waals surface area contributed by atoms with Gasteiger partial charge in [0.2, 0.25) is 0 Å². The van der Waals surface area contributed by atoms with Crippen LogP contribution in [-0.4, -0.2) is 35.0 Å². The van der Waals surface area contributed by atoms with Gasteiger partial charge in [0.25, 0.3) is 5.69 Å². The number of benzene rings is 2. The number of halogens is 1. The number of non-ortho nitro benzene ring substituents is 1. The summed E-state index contributed by atoms with van der Waals surface area (Å²) in [7, 11) is 0. The summed E-state index contributed by atoms with van der Waals surface area (Å²) in [5.41, 5.74) is 0.485. The summed E-state index contributed by atoms with van der Waals surface area (Å²) < 4.78 is 5.82. The van der Waals surface area contributed by atoms with Crippen LogP contribution in [0, 0.1) is 26.9 Å². The van der Waals surface area contributed by atoms with Gasteiger partial charge in [-0.2, -0.15) is 5.26 Å². The van der Waals surface area contributed by atoms with Gasteiger partial charge in [-0.15, -0.1) is 0 Å². The van der Waals surface area contributed by atoms with Crippen molar-refractivity contribution in [3.05, 3.63) is 75.8 Å². The van der Waals surface area contributed by atoms with E-state index >= 15 is 0 Å². The lowest BCUT2D eigenvalue weighted by atomic mass is 9.79. The van der Waals surface area contributed by atoms with E-state index in [2.05, 4.69) is 33.6 Å². The molecule has 0 amide bonds. The summed E-state index contributed by atoms with van der Waals surface area (Å²) in [5.74, 6) is -0.585. The monoisotopic (exact) mass is 505 g/mol. The van der Waals surface area contributed by atoms with E-state index in [4.69, 9.17) is 4.74 Å². The highest BCUT2D eigenvalue weighted by atomic mass is 127. The van der Waals surface area contributed by atoms with Gasteiger partial charge in [0.15, 0.2) is 0 Å². The summed E-state index contributed by atoms with van der Waals surface area (Å²) in [6, 6.07) is 17.6. The number of hydrogen-bond donors (Lipinski definition) is 0. The zero-order valence-electron chi connectivity index (χ0n) is 15.8. The van der Waals surface area contributed by atoms with E-state index in [1.165, 1.54) is 24.3 Å². The zero-order valence-corrected chi connectivity index (χ0v) is 18.0. The molecule has 0 aliphatic carbocycles. The predicted octanol–water partition coefficient (Wildman–Crippen LogP) is 4.49. The number of nitro benzene ring substituents is 1. The van der Waals surface area contributed by atoms with Crippen molar-refractivity contribution in [1.82, 2.24) is 4.90 Å². The topological polar surface area (TPSA) is 96.5 Å². The quantitative estimate of drug-likeness (QED) is 0.148. The van der Waals surface area contributed by atoms with E-state index in [0.29, 0.717) is 13.0 Å². The molecule has 1 aliphatic heterocycles. The maximum atomic E-state index is 12.6. The molecule has 0 radical (unpaired) electrons. The van der Waals surface area contributed by atoms with E-state index < -0.39 is 22.4 Å². The van der Waals surface area contributed by atoms with Crippen LogP contribution in [0.3, 0.4) is 0 Å². The minimum absolute atomic E-state index is 0.0946. The Morgan fingerprint density at radius 3 is 2.55 bits per heavy atom. The van der Waals surface area contributed by atoms with Crippen LogP contribution in [0.1, 0.15) is 33.3 Å². The molecule has 2 aromatic carbocycles. The SMILES string of the molecule is CC1(C#N)CCN(C(I)c2ccccc2)CC1OC(=O)c1ccc([N+](=O)[O-])cc1. The Morgan fingerprint density at radius 1 is 1.31 bits per heavy atom. The molecule has 1 saturated heterocycles. The van der Waals surface area contributed by atoms with Gasteiger partial charge in [-0.05, 0) is 31.0 Å². The van der Waals surface area contributed by atoms with Crippen molar-refractivity contribution < 1.29 is 14.5 Å². The van der Waals surface area contributed by atoms with Gasteiger partial charge in [-0.1, -0.05) is 52.9 Å². The third kappa shape index (κ3) is 4.74. The molecule has 0 N–H and O–H groups in total. The van der Waals surface area contributed by atoms with Gasteiger partial charge in [-0.25, -0.2) is 4.79 Å². The second-order valence-corrected chi connectivity index (χ2v) is 8.40. The lowest BCUT2D eigenvalue weighted by Crippen LogP contribution is -2.51. The Labute approximate surface area is 182 Å². The van der Waals surface area contributed by atoms with E-state index in [0.717, 1.165) is 12.1 Å². The lowest BCUT2D eigenvalue weighted by molar-refractivity contribution is -0.384. The van der Waals surface area contributed by atoms with Gasteiger partial charge in [0, 0.05) is 25.2 Å². The van der Waals surface area contributed by atoms with Crippen LogP contribution in [0.2, 0.25) is 0 Å². The molecule has 1 fully saturated rings. The highest BCUT2D eigenvalue weighted by molar-refractivity contribution is 14.1. The maximum Gasteiger partial charge on any atom is 0.338 e. The summed E-state index contributed by atoms with van der Waals surface area (Å²) in [4.78, 5) is 25.1. The fourth-order valence-corrected chi connectivity index (χ4v) is 4.20. The average Bonchev–Trinajstić information content (AvgIpc) is 2.75. The molecule has 8 heteroatoms. The van der Waals surface area contributed by atoms with Gasteiger partial charge in [0.1, 0.15) is 6.10 Å². The second kappa shape index (κ2) is 8.88. The number of carbonyl (C=O) groups excluding carboxylic acids is 1. The second-order valence-electron chi connectivity index (χ2n) is 7.22. The normalized spacial score (nSPS) is 23.0. The summed E-state index contributed by atoms with van der Waals surface area (Å²) in [6.45, 7) is 2.96. The molecule has 0 saturated carbocycles. The molecule has 0 aromatic heterocycles. The molecule has 3 unspecified atom stereocenters. The van der Waals surface area contributed by atoms with Crippen LogP contribution in [0.5, 0.6) is 0 Å². The number of hydrogen-bond acceptors (Lipinski definition) is 6. The molecule has 3 atom stereocenters. The number of likely N-dealkylation sites (tertiary alicyclic amines) is 1. The molecular formula is C21H20IN3O4. The molecule has 1 heterocycles. The van der Waals surface area contributed by atoms with E-state index in [1.54, 1.807) is 0 Å². The largest absolute Gasteiger partial charge is 0.456 e. The predicted molar refractivity (Wildman–Crippen MR) is 115 cm³/mol. The van der Waals surface area contributed by atoms with Crippen LogP contribution in [-0.2, 0) is 4.74 Å². The zero-order chi connectivity index (χ0) is 21.0. The van der Waals surface area contributed by atoms with Crippen LogP contribution >= 0.6 is 22.6 Å². The van der Waals surface area contributed by atoms with Crippen molar-refractivity contribution in [3.8, 4) is 6.07 Å². The molecular weight excluding hydrogens is 485 g/mol. The van der Waals surface area contributed by atoms with Crippen molar-refractivity contribution >= 4 is 34.2 Å². The fraction of sp³-hybridized carbons (Fsp3) is 0.333. The molecule has 0 spiro atoms. The number of rotatable bonds is 5. The fourth-order valence-electron chi connectivity index (χ4n) is 3.28. The number of nitriles is 1. The van der Waals surface area contributed by atoms with Crippen molar-refractivity contribution in [2.45, 2.75) is 23.5 Å². The number of piperidine rings is 1. The van der Waals surface area contributed by atoms with Crippen LogP contribution < -0.4 is 0 Å².